The molecular weight excluding hydrogens is 226 g/mol. The molecule has 5 heteroatoms. The number of rotatable bonds is 3. The number of nitrogens with two attached hydrogens (primary N) is 1. The van der Waals surface area contributed by atoms with Crippen molar-refractivity contribution in [2.24, 2.45) is 0 Å². The summed E-state index contributed by atoms with van der Waals surface area (Å²) in [7, 11) is 0. The molecule has 1 aromatic heterocycles. The minimum absolute atomic E-state index is 0.472. The van der Waals surface area contributed by atoms with Gasteiger partial charge in [-0.25, -0.2) is 0 Å². The Hall–Kier alpha value is -1.68. The van der Waals surface area contributed by atoms with Crippen LogP contribution in [0.5, 0.6) is 11.5 Å². The van der Waals surface area contributed by atoms with E-state index in [1.165, 1.54) is 0 Å². The summed E-state index contributed by atoms with van der Waals surface area (Å²) in [5.41, 5.74) is 6.28. The van der Waals surface area contributed by atoms with Crippen molar-refractivity contribution in [2.45, 2.75) is 13.5 Å². The van der Waals surface area contributed by atoms with Crippen LogP contribution in [-0.4, -0.2) is 9.78 Å². The third-order valence-electron chi connectivity index (χ3n) is 2.15. The molecule has 0 fully saturated rings. The van der Waals surface area contributed by atoms with Gasteiger partial charge in [-0.05, 0) is 19.1 Å². The number of aromatic nitrogens is 2. The van der Waals surface area contributed by atoms with Crippen LogP contribution in [0.15, 0.2) is 30.6 Å². The normalized spacial score (nSPS) is 10.4. The molecule has 1 aromatic carbocycles. The highest BCUT2D eigenvalue weighted by Crippen LogP contribution is 2.34. The lowest BCUT2D eigenvalue weighted by Gasteiger charge is -2.07. The molecule has 2 N–H and O–H groups in total. The van der Waals surface area contributed by atoms with Gasteiger partial charge in [0.25, 0.3) is 0 Å². The molecule has 0 radical (unpaired) electrons. The first-order valence-electron chi connectivity index (χ1n) is 4.95. The Morgan fingerprint density at radius 2 is 2.31 bits per heavy atom. The summed E-state index contributed by atoms with van der Waals surface area (Å²) in [5, 5.41) is 4.59. The molecule has 4 nitrogen and oxygen atoms in total. The second kappa shape index (κ2) is 4.45. The Morgan fingerprint density at radius 1 is 1.50 bits per heavy atom. The second-order valence-corrected chi connectivity index (χ2v) is 3.70. The maximum absolute atomic E-state index is 5.99. The van der Waals surface area contributed by atoms with E-state index in [0.29, 0.717) is 22.2 Å². The maximum atomic E-state index is 5.99. The van der Waals surface area contributed by atoms with Gasteiger partial charge in [0.2, 0.25) is 0 Å². The molecule has 16 heavy (non-hydrogen) atoms. The number of hydrogen-bond donors (Lipinski definition) is 1. The summed E-state index contributed by atoms with van der Waals surface area (Å²) < 4.78 is 7.35. The van der Waals surface area contributed by atoms with Gasteiger partial charge >= 0.3 is 0 Å². The highest BCUT2D eigenvalue weighted by molar-refractivity contribution is 6.32. The highest BCUT2D eigenvalue weighted by Gasteiger charge is 2.08. The summed E-state index contributed by atoms with van der Waals surface area (Å²) in [6.07, 6.45) is 3.43. The molecule has 0 bridgehead atoms. The summed E-state index contributed by atoms with van der Waals surface area (Å²) in [6, 6.07) is 5.25. The number of benzene rings is 1. The van der Waals surface area contributed by atoms with Crippen molar-refractivity contribution in [3.8, 4) is 11.5 Å². The van der Waals surface area contributed by atoms with Crippen LogP contribution < -0.4 is 10.5 Å². The van der Waals surface area contributed by atoms with E-state index in [1.807, 2.05) is 6.92 Å². The van der Waals surface area contributed by atoms with Crippen molar-refractivity contribution in [1.29, 1.82) is 0 Å². The lowest BCUT2D eigenvalue weighted by Crippen LogP contribution is -1.93. The second-order valence-electron chi connectivity index (χ2n) is 3.29. The first-order valence-corrected chi connectivity index (χ1v) is 5.32. The molecule has 2 aromatic rings. The van der Waals surface area contributed by atoms with Crippen molar-refractivity contribution in [2.75, 3.05) is 5.73 Å². The van der Waals surface area contributed by atoms with Gasteiger partial charge in [0.1, 0.15) is 0 Å². The average molecular weight is 238 g/mol. The smallest absolute Gasteiger partial charge is 0.169 e. The molecule has 0 saturated carbocycles. The fourth-order valence-corrected chi connectivity index (χ4v) is 1.54. The molecule has 0 saturated heterocycles. The molecule has 2 rings (SSSR count). The molecule has 84 valence electrons. The Bertz CT molecular complexity index is 475. The van der Waals surface area contributed by atoms with Crippen molar-refractivity contribution < 1.29 is 4.74 Å². The first kappa shape index (κ1) is 10.8. The van der Waals surface area contributed by atoms with Gasteiger partial charge in [-0.15, -0.1) is 0 Å². The summed E-state index contributed by atoms with van der Waals surface area (Å²) >= 11 is 5.99. The Kier molecular flexibility index (Phi) is 3.01. The summed E-state index contributed by atoms with van der Waals surface area (Å²) in [4.78, 5) is 0. The highest BCUT2D eigenvalue weighted by atomic mass is 35.5. The zero-order valence-corrected chi connectivity index (χ0v) is 9.61. The number of ether oxygens (including phenoxy) is 1. The predicted octanol–water partition coefficient (Wildman–Crippen LogP) is 2.93. The standard InChI is InChI=1S/C11H12ClN3O/c1-2-15-7-8(6-14-15)16-11-9(12)4-3-5-10(11)13/h3-7H,2,13H2,1H3. The number of aryl methyl sites for hydroxylation is 1. The van der Waals surface area contributed by atoms with Gasteiger partial charge in [0, 0.05) is 6.54 Å². The van der Waals surface area contributed by atoms with Gasteiger partial charge in [0.15, 0.2) is 11.5 Å². The SMILES string of the molecule is CCn1cc(Oc2c(N)cccc2Cl)cn1. The van der Waals surface area contributed by atoms with Crippen LogP contribution in [0.2, 0.25) is 5.02 Å². The van der Waals surface area contributed by atoms with Crippen LogP contribution in [0.3, 0.4) is 0 Å². The molecule has 0 aliphatic carbocycles. The fourth-order valence-electron chi connectivity index (χ4n) is 1.32. The van der Waals surface area contributed by atoms with Crippen LogP contribution in [0.1, 0.15) is 6.92 Å². The van der Waals surface area contributed by atoms with Crippen molar-refractivity contribution in [3.05, 3.63) is 35.6 Å². The van der Waals surface area contributed by atoms with Crippen molar-refractivity contribution in [3.63, 3.8) is 0 Å². The summed E-state index contributed by atoms with van der Waals surface area (Å²) in [5.74, 6) is 1.10. The van der Waals surface area contributed by atoms with E-state index in [-0.39, 0.29) is 0 Å². The molecule has 0 unspecified atom stereocenters. The third-order valence-corrected chi connectivity index (χ3v) is 2.45. The zero-order valence-electron chi connectivity index (χ0n) is 8.85. The minimum atomic E-state index is 0.472. The lowest BCUT2D eigenvalue weighted by molar-refractivity contribution is 0.484. The minimum Gasteiger partial charge on any atom is -0.450 e. The molecule has 0 aliphatic heterocycles. The van der Waals surface area contributed by atoms with Gasteiger partial charge in [-0.1, -0.05) is 17.7 Å². The largest absolute Gasteiger partial charge is 0.450 e. The molecule has 0 aliphatic rings. The number of halogens is 1. The quantitative estimate of drug-likeness (QED) is 0.835. The molecule has 1 heterocycles. The van der Waals surface area contributed by atoms with E-state index in [2.05, 4.69) is 5.10 Å². The number of para-hydroxylation sites is 1. The van der Waals surface area contributed by atoms with Crippen molar-refractivity contribution >= 4 is 17.3 Å². The zero-order chi connectivity index (χ0) is 11.5. The summed E-state index contributed by atoms with van der Waals surface area (Å²) in [6.45, 7) is 2.79. The maximum Gasteiger partial charge on any atom is 0.169 e. The van der Waals surface area contributed by atoms with Gasteiger partial charge in [-0.2, -0.15) is 5.10 Å². The molecule has 0 atom stereocenters. The van der Waals surface area contributed by atoms with E-state index in [0.717, 1.165) is 6.54 Å². The van der Waals surface area contributed by atoms with Crippen LogP contribution in [0.25, 0.3) is 0 Å². The van der Waals surface area contributed by atoms with Gasteiger partial charge in [-0.3, -0.25) is 4.68 Å². The Labute approximate surface area is 98.6 Å². The van der Waals surface area contributed by atoms with Crippen molar-refractivity contribution in [1.82, 2.24) is 9.78 Å². The lowest BCUT2D eigenvalue weighted by atomic mass is 10.3. The van der Waals surface area contributed by atoms with Crippen LogP contribution in [0.4, 0.5) is 5.69 Å². The fraction of sp³-hybridized carbons (Fsp3) is 0.182. The van der Waals surface area contributed by atoms with Crippen LogP contribution in [0, 0.1) is 0 Å². The van der Waals surface area contributed by atoms with E-state index in [9.17, 15) is 0 Å². The van der Waals surface area contributed by atoms with Crippen LogP contribution >= 0.6 is 11.6 Å². The topological polar surface area (TPSA) is 53.1 Å². The first-order chi connectivity index (χ1) is 7.70. The van der Waals surface area contributed by atoms with E-state index < -0.39 is 0 Å². The molecular formula is C11H12ClN3O. The van der Waals surface area contributed by atoms with E-state index in [1.54, 1.807) is 35.3 Å². The van der Waals surface area contributed by atoms with E-state index in [4.69, 9.17) is 22.1 Å². The van der Waals surface area contributed by atoms with Gasteiger partial charge in [0.05, 0.1) is 23.1 Å². The Balaban J connectivity index is 2.26. The van der Waals surface area contributed by atoms with Gasteiger partial charge < -0.3 is 10.5 Å². The number of nitrogens with zero attached hydrogens (tertiary/aromatic N) is 2. The molecule has 0 amide bonds. The third kappa shape index (κ3) is 2.12. The number of hydrogen-bond acceptors (Lipinski definition) is 3. The average Bonchev–Trinajstić information content (AvgIpc) is 2.71. The predicted molar refractivity (Wildman–Crippen MR) is 63.8 cm³/mol. The Morgan fingerprint density at radius 3 is 2.94 bits per heavy atom. The number of nitrogen functional groups attached to an aromatic ring is 1. The van der Waals surface area contributed by atoms with E-state index >= 15 is 0 Å². The molecule has 0 spiro atoms. The van der Waals surface area contributed by atoms with Crippen LogP contribution in [-0.2, 0) is 6.54 Å². The number of anilines is 1. The monoisotopic (exact) mass is 237 g/mol.